The van der Waals surface area contributed by atoms with Crippen molar-refractivity contribution >= 4 is 45.9 Å². The second-order valence-electron chi connectivity index (χ2n) is 3.36. The number of halogens is 2. The minimum Gasteiger partial charge on any atom is -0.378 e. The highest BCUT2D eigenvalue weighted by atomic mass is 35.5. The van der Waals surface area contributed by atoms with Crippen LogP contribution in [-0.4, -0.2) is 9.91 Å². The maximum Gasteiger partial charge on any atom is 0.272 e. The zero-order chi connectivity index (χ0) is 13.1. The highest BCUT2D eigenvalue weighted by Crippen LogP contribution is 2.35. The van der Waals surface area contributed by atoms with Gasteiger partial charge in [0.15, 0.2) is 0 Å². The highest BCUT2D eigenvalue weighted by molar-refractivity contribution is 7.09. The van der Waals surface area contributed by atoms with Gasteiger partial charge in [-0.3, -0.25) is 15.1 Å². The summed E-state index contributed by atoms with van der Waals surface area (Å²) in [4.78, 5) is 15.0. The summed E-state index contributed by atoms with van der Waals surface area (Å²) in [6.07, 6.45) is 1.73. The predicted octanol–water partition coefficient (Wildman–Crippen LogP) is 3.97. The van der Waals surface area contributed by atoms with Crippen LogP contribution in [0.2, 0.25) is 10.0 Å². The van der Waals surface area contributed by atoms with E-state index in [1.54, 1.807) is 11.7 Å². The Morgan fingerprint density at radius 3 is 2.56 bits per heavy atom. The van der Waals surface area contributed by atoms with Gasteiger partial charge < -0.3 is 5.32 Å². The average molecular weight is 304 g/mol. The second kappa shape index (κ2) is 5.51. The number of non-ortho nitro benzene ring substituents is 1. The van der Waals surface area contributed by atoms with Gasteiger partial charge in [-0.1, -0.05) is 23.2 Å². The number of hydrogen-bond donors (Lipinski definition) is 1. The summed E-state index contributed by atoms with van der Waals surface area (Å²) in [5.41, 5.74) is 2.07. The van der Waals surface area contributed by atoms with Crippen LogP contribution in [0.3, 0.4) is 0 Å². The number of anilines is 1. The minimum absolute atomic E-state index is 0.131. The van der Waals surface area contributed by atoms with Crippen LogP contribution in [0.15, 0.2) is 23.8 Å². The van der Waals surface area contributed by atoms with E-state index in [9.17, 15) is 10.1 Å². The molecule has 0 bridgehead atoms. The van der Waals surface area contributed by atoms with Crippen LogP contribution in [0.25, 0.3) is 0 Å². The number of nitro benzene ring substituents is 1. The molecule has 1 heterocycles. The molecule has 0 fully saturated rings. The van der Waals surface area contributed by atoms with E-state index in [0.717, 1.165) is 4.88 Å². The largest absolute Gasteiger partial charge is 0.378 e. The van der Waals surface area contributed by atoms with Gasteiger partial charge in [0.2, 0.25) is 0 Å². The molecular weight excluding hydrogens is 297 g/mol. The van der Waals surface area contributed by atoms with Crippen molar-refractivity contribution in [1.82, 2.24) is 4.98 Å². The van der Waals surface area contributed by atoms with E-state index < -0.39 is 4.92 Å². The molecule has 2 rings (SSSR count). The van der Waals surface area contributed by atoms with Crippen molar-refractivity contribution in [1.29, 1.82) is 0 Å². The first-order valence-electron chi connectivity index (χ1n) is 4.82. The average Bonchev–Trinajstić information content (AvgIpc) is 2.80. The van der Waals surface area contributed by atoms with Crippen LogP contribution in [0.1, 0.15) is 4.88 Å². The Labute approximate surface area is 117 Å². The number of nitrogens with one attached hydrogen (secondary N) is 1. The molecule has 0 aliphatic heterocycles. The molecule has 0 aliphatic rings. The molecule has 5 nitrogen and oxygen atoms in total. The van der Waals surface area contributed by atoms with Crippen molar-refractivity contribution in [3.63, 3.8) is 0 Å². The van der Waals surface area contributed by atoms with Gasteiger partial charge in [-0.15, -0.1) is 11.3 Å². The maximum absolute atomic E-state index is 10.6. The third-order valence-electron chi connectivity index (χ3n) is 2.16. The van der Waals surface area contributed by atoms with Crippen molar-refractivity contribution in [3.8, 4) is 0 Å². The molecule has 1 aromatic carbocycles. The third-order valence-corrected chi connectivity index (χ3v) is 3.54. The maximum atomic E-state index is 10.6. The lowest BCUT2D eigenvalue weighted by Crippen LogP contribution is -2.00. The van der Waals surface area contributed by atoms with Crippen LogP contribution in [0.5, 0.6) is 0 Å². The van der Waals surface area contributed by atoms with E-state index in [1.165, 1.54) is 23.5 Å². The van der Waals surface area contributed by atoms with E-state index in [-0.39, 0.29) is 15.7 Å². The van der Waals surface area contributed by atoms with Gasteiger partial charge in [0.25, 0.3) is 5.69 Å². The zero-order valence-corrected chi connectivity index (χ0v) is 11.2. The molecule has 1 aromatic heterocycles. The number of nitro groups is 1. The van der Waals surface area contributed by atoms with Crippen molar-refractivity contribution in [2.24, 2.45) is 0 Å². The number of aromatic nitrogens is 1. The minimum atomic E-state index is -0.537. The monoisotopic (exact) mass is 303 g/mol. The van der Waals surface area contributed by atoms with Crippen LogP contribution in [-0.2, 0) is 6.54 Å². The molecular formula is C10H7Cl2N3O2S. The molecule has 2 aromatic rings. The lowest BCUT2D eigenvalue weighted by molar-refractivity contribution is -0.384. The molecule has 0 saturated heterocycles. The Balaban J connectivity index is 2.20. The van der Waals surface area contributed by atoms with Crippen LogP contribution in [0.4, 0.5) is 11.4 Å². The Hall–Kier alpha value is -1.37. The van der Waals surface area contributed by atoms with E-state index in [1.807, 2.05) is 0 Å². The molecule has 1 N–H and O–H groups in total. The van der Waals surface area contributed by atoms with Gasteiger partial charge in [0, 0.05) is 23.2 Å². The van der Waals surface area contributed by atoms with Crippen LogP contribution >= 0.6 is 34.5 Å². The van der Waals surface area contributed by atoms with E-state index in [0.29, 0.717) is 12.2 Å². The summed E-state index contributed by atoms with van der Waals surface area (Å²) in [5, 5.41) is 14.1. The van der Waals surface area contributed by atoms with Gasteiger partial charge in [-0.05, 0) is 0 Å². The molecule has 0 atom stereocenters. The van der Waals surface area contributed by atoms with Gasteiger partial charge in [0.05, 0.1) is 32.7 Å². The predicted molar refractivity (Wildman–Crippen MR) is 72.6 cm³/mol. The SMILES string of the molecule is O=[N+]([O-])c1cc(Cl)c(NCc2cncs2)c(Cl)c1. The number of rotatable bonds is 4. The van der Waals surface area contributed by atoms with E-state index in [2.05, 4.69) is 10.3 Å². The summed E-state index contributed by atoms with van der Waals surface area (Å²) in [5.74, 6) is 0. The second-order valence-corrected chi connectivity index (χ2v) is 5.15. The smallest absolute Gasteiger partial charge is 0.272 e. The molecule has 0 unspecified atom stereocenters. The summed E-state index contributed by atoms with van der Waals surface area (Å²) < 4.78 is 0. The molecule has 0 saturated carbocycles. The van der Waals surface area contributed by atoms with Crippen LogP contribution in [0, 0.1) is 10.1 Å². The van der Waals surface area contributed by atoms with E-state index in [4.69, 9.17) is 23.2 Å². The van der Waals surface area contributed by atoms with Gasteiger partial charge >= 0.3 is 0 Å². The van der Waals surface area contributed by atoms with Crippen molar-refractivity contribution in [2.75, 3.05) is 5.32 Å². The Morgan fingerprint density at radius 2 is 2.06 bits per heavy atom. The lowest BCUT2D eigenvalue weighted by atomic mass is 10.2. The summed E-state index contributed by atoms with van der Waals surface area (Å²) >= 11 is 13.4. The lowest BCUT2D eigenvalue weighted by Gasteiger charge is -2.09. The standard InChI is InChI=1S/C10H7Cl2N3O2S/c11-8-1-6(15(16)17)2-9(12)10(8)14-4-7-3-13-5-18-7/h1-3,5,14H,4H2. The molecule has 94 valence electrons. The first kappa shape index (κ1) is 13.1. The summed E-state index contributed by atoms with van der Waals surface area (Å²) in [6.45, 7) is 0.516. The molecule has 0 radical (unpaired) electrons. The number of thiazole rings is 1. The summed E-state index contributed by atoms with van der Waals surface area (Å²) in [6, 6.07) is 2.53. The van der Waals surface area contributed by atoms with Crippen molar-refractivity contribution < 1.29 is 4.92 Å². The quantitative estimate of drug-likeness (QED) is 0.685. The molecule has 0 spiro atoms. The first-order valence-corrected chi connectivity index (χ1v) is 6.46. The Morgan fingerprint density at radius 1 is 1.39 bits per heavy atom. The van der Waals surface area contributed by atoms with E-state index >= 15 is 0 Å². The van der Waals surface area contributed by atoms with Crippen LogP contribution < -0.4 is 5.32 Å². The van der Waals surface area contributed by atoms with Crippen molar-refractivity contribution in [2.45, 2.75) is 6.54 Å². The topological polar surface area (TPSA) is 68.1 Å². The highest BCUT2D eigenvalue weighted by Gasteiger charge is 2.14. The fourth-order valence-electron chi connectivity index (χ4n) is 1.34. The van der Waals surface area contributed by atoms with Crippen molar-refractivity contribution in [3.05, 3.63) is 48.9 Å². The van der Waals surface area contributed by atoms with Gasteiger partial charge in [0.1, 0.15) is 0 Å². The number of nitrogens with zero attached hydrogens (tertiary/aromatic N) is 2. The fourth-order valence-corrected chi connectivity index (χ4v) is 2.48. The molecule has 18 heavy (non-hydrogen) atoms. The molecule has 0 aliphatic carbocycles. The number of hydrogen-bond acceptors (Lipinski definition) is 5. The summed E-state index contributed by atoms with van der Waals surface area (Å²) in [7, 11) is 0. The third kappa shape index (κ3) is 2.90. The molecule has 8 heteroatoms. The zero-order valence-electron chi connectivity index (χ0n) is 8.89. The Kier molecular flexibility index (Phi) is 4.00. The normalized spacial score (nSPS) is 10.3. The fraction of sp³-hybridized carbons (Fsp3) is 0.100. The van der Waals surface area contributed by atoms with Gasteiger partial charge in [-0.25, -0.2) is 0 Å². The molecule has 0 amide bonds. The van der Waals surface area contributed by atoms with Gasteiger partial charge in [-0.2, -0.15) is 0 Å². The first-order chi connectivity index (χ1) is 8.58. The number of benzene rings is 1. The Bertz CT molecular complexity index is 552.